The molecule has 0 amide bonds. The van der Waals surface area contributed by atoms with Gasteiger partial charge in [0, 0.05) is 12.8 Å². The summed E-state index contributed by atoms with van der Waals surface area (Å²) in [7, 11) is 0. The Morgan fingerprint density at radius 1 is 0.625 bits per heavy atom. The van der Waals surface area contributed by atoms with E-state index in [1.54, 1.807) is 24.3 Å². The molecule has 0 spiro atoms. The fourth-order valence-electron chi connectivity index (χ4n) is 3.06. The lowest BCUT2D eigenvalue weighted by atomic mass is 10.1. The van der Waals surface area contributed by atoms with Crippen molar-refractivity contribution in [3.8, 4) is 0 Å². The van der Waals surface area contributed by atoms with Crippen LogP contribution in [0.5, 0.6) is 0 Å². The molecule has 178 valence electrons. The summed E-state index contributed by atoms with van der Waals surface area (Å²) in [6, 6.07) is 6.35. The molecule has 0 radical (unpaired) electrons. The molecule has 1 aromatic rings. The van der Waals surface area contributed by atoms with Crippen LogP contribution >= 0.6 is 0 Å². The molecule has 0 atom stereocenters. The van der Waals surface area contributed by atoms with Crippen LogP contribution in [0.1, 0.15) is 97.8 Å². The van der Waals surface area contributed by atoms with E-state index in [0.717, 1.165) is 64.2 Å². The zero-order valence-electron chi connectivity index (χ0n) is 18.6. The Kier molecular flexibility index (Phi) is 14.2. The van der Waals surface area contributed by atoms with Crippen molar-refractivity contribution >= 4 is 23.9 Å². The highest BCUT2D eigenvalue weighted by Crippen LogP contribution is 2.11. The summed E-state index contributed by atoms with van der Waals surface area (Å²) in [6.45, 7) is 0.890. The van der Waals surface area contributed by atoms with E-state index in [2.05, 4.69) is 0 Å². The third kappa shape index (κ3) is 13.4. The number of rotatable bonds is 9. The molecule has 32 heavy (non-hydrogen) atoms. The molecule has 3 rings (SSSR count). The van der Waals surface area contributed by atoms with Crippen LogP contribution in [-0.4, -0.2) is 47.3 Å². The third-order valence-corrected chi connectivity index (χ3v) is 4.89. The Hall–Kier alpha value is -2.90. The highest BCUT2D eigenvalue weighted by molar-refractivity contribution is 5.93. The Balaban J connectivity index is 0.000000333. The number of carbonyl (C=O) groups is 4. The van der Waals surface area contributed by atoms with Gasteiger partial charge in [-0.2, -0.15) is 0 Å². The van der Waals surface area contributed by atoms with E-state index in [9.17, 15) is 19.2 Å². The first-order chi connectivity index (χ1) is 15.4. The van der Waals surface area contributed by atoms with E-state index < -0.39 is 11.9 Å². The van der Waals surface area contributed by atoms with Crippen LogP contribution in [0.25, 0.3) is 0 Å². The van der Waals surface area contributed by atoms with Crippen LogP contribution in [0.2, 0.25) is 0 Å². The van der Waals surface area contributed by atoms with Gasteiger partial charge in [0.25, 0.3) is 0 Å². The lowest BCUT2D eigenvalue weighted by molar-refractivity contribution is -0.138. The van der Waals surface area contributed by atoms with Gasteiger partial charge >= 0.3 is 23.9 Å². The van der Waals surface area contributed by atoms with Gasteiger partial charge in [0.1, 0.15) is 0 Å². The number of fused-ring (bicyclic) bond motifs is 11. The Labute approximate surface area is 188 Å². The van der Waals surface area contributed by atoms with E-state index in [-0.39, 0.29) is 24.8 Å². The molecule has 2 bridgehead atoms. The van der Waals surface area contributed by atoms with Gasteiger partial charge in [0.15, 0.2) is 0 Å². The molecule has 2 N–H and O–H groups in total. The predicted molar refractivity (Wildman–Crippen MR) is 118 cm³/mol. The van der Waals surface area contributed by atoms with Gasteiger partial charge in [-0.3, -0.25) is 9.59 Å². The van der Waals surface area contributed by atoms with Crippen LogP contribution in [0.3, 0.4) is 0 Å². The third-order valence-electron chi connectivity index (χ3n) is 4.89. The molecule has 8 nitrogen and oxygen atoms in total. The second-order valence-corrected chi connectivity index (χ2v) is 7.67. The molecule has 8 heteroatoms. The van der Waals surface area contributed by atoms with E-state index in [1.165, 1.54) is 0 Å². The van der Waals surface area contributed by atoms with Gasteiger partial charge in [-0.05, 0) is 62.8 Å². The second-order valence-electron chi connectivity index (χ2n) is 7.67. The van der Waals surface area contributed by atoms with Crippen molar-refractivity contribution in [1.82, 2.24) is 0 Å². The highest BCUT2D eigenvalue weighted by Gasteiger charge is 2.11. The minimum absolute atomic E-state index is 0.245. The molecule has 0 saturated carbocycles. The summed E-state index contributed by atoms with van der Waals surface area (Å²) < 4.78 is 10.3. The van der Waals surface area contributed by atoms with Gasteiger partial charge in [-0.15, -0.1) is 0 Å². The van der Waals surface area contributed by atoms with Gasteiger partial charge in [-0.25, -0.2) is 9.59 Å². The predicted octanol–water partition coefficient (Wildman–Crippen LogP) is 4.85. The van der Waals surface area contributed by atoms with Gasteiger partial charge in [-0.1, -0.05) is 25.7 Å². The number of carboxylic acids is 2. The molecule has 2 heterocycles. The summed E-state index contributed by atoms with van der Waals surface area (Å²) >= 11 is 0. The normalized spacial score (nSPS) is 14.4. The summed E-state index contributed by atoms with van der Waals surface area (Å²) in [4.78, 5) is 43.6. The molecule has 0 aromatic heterocycles. The fraction of sp³-hybridized carbons (Fsp3) is 0.583. The zero-order chi connectivity index (χ0) is 23.6. The lowest BCUT2D eigenvalue weighted by Gasteiger charge is -2.08. The molecular weight excluding hydrogens is 416 g/mol. The zero-order valence-corrected chi connectivity index (χ0v) is 18.6. The quantitative estimate of drug-likeness (QED) is 0.404. The maximum Gasteiger partial charge on any atom is 0.338 e. The molecule has 1 aromatic carbocycles. The average molecular weight is 451 g/mol. The Morgan fingerprint density at radius 2 is 0.969 bits per heavy atom. The minimum Gasteiger partial charge on any atom is -0.481 e. The summed E-state index contributed by atoms with van der Waals surface area (Å²) in [5.74, 6) is -2.16. The van der Waals surface area contributed by atoms with E-state index >= 15 is 0 Å². The number of ether oxygens (including phenoxy) is 2. The number of benzene rings is 1. The van der Waals surface area contributed by atoms with Crippen LogP contribution in [0, 0.1) is 0 Å². The van der Waals surface area contributed by atoms with Crippen molar-refractivity contribution in [2.75, 3.05) is 13.2 Å². The smallest absolute Gasteiger partial charge is 0.338 e. The van der Waals surface area contributed by atoms with E-state index in [1.807, 2.05) is 0 Å². The van der Waals surface area contributed by atoms with Crippen molar-refractivity contribution in [2.45, 2.75) is 77.0 Å². The van der Waals surface area contributed by atoms with Crippen LogP contribution in [0.4, 0.5) is 0 Å². The molecule has 0 unspecified atom stereocenters. The number of carbonyl (C=O) groups excluding carboxylic acids is 2. The maximum absolute atomic E-state index is 11.6. The van der Waals surface area contributed by atoms with E-state index in [4.69, 9.17) is 19.7 Å². The van der Waals surface area contributed by atoms with Gasteiger partial charge < -0.3 is 19.7 Å². The number of hydrogen-bond acceptors (Lipinski definition) is 6. The summed E-state index contributed by atoms with van der Waals surface area (Å²) in [5, 5.41) is 16.7. The Morgan fingerprint density at radius 3 is 1.31 bits per heavy atom. The number of unbranched alkanes of at least 4 members (excludes halogenated alkanes) is 5. The first-order valence-electron chi connectivity index (χ1n) is 11.3. The second kappa shape index (κ2) is 16.8. The van der Waals surface area contributed by atoms with Crippen LogP contribution in [0.15, 0.2) is 24.3 Å². The van der Waals surface area contributed by atoms with Crippen molar-refractivity contribution < 1.29 is 38.9 Å². The molecule has 0 aliphatic carbocycles. The van der Waals surface area contributed by atoms with Crippen molar-refractivity contribution in [1.29, 1.82) is 0 Å². The summed E-state index contributed by atoms with van der Waals surface area (Å²) in [5.41, 5.74) is 0.923. The number of aliphatic carboxylic acids is 2. The fourth-order valence-corrected chi connectivity index (χ4v) is 3.06. The van der Waals surface area contributed by atoms with Crippen molar-refractivity contribution in [3.05, 3.63) is 35.4 Å². The van der Waals surface area contributed by atoms with Gasteiger partial charge in [0.2, 0.25) is 0 Å². The topological polar surface area (TPSA) is 127 Å². The van der Waals surface area contributed by atoms with E-state index in [0.29, 0.717) is 24.3 Å². The number of carboxylic acid groups (broad SMARTS) is 2. The maximum atomic E-state index is 11.6. The first kappa shape index (κ1) is 27.1. The summed E-state index contributed by atoms with van der Waals surface area (Å²) in [6.07, 6.45) is 9.46. The first-order valence-corrected chi connectivity index (χ1v) is 11.3. The molecule has 2 aliphatic rings. The number of esters is 2. The standard InChI is InChI=1S/C14H16O4.C10H18O4/c15-13-11-5-7-12(8-6-11)14(16)18-10-4-2-1-3-9-17-13;11-9(12)7-5-3-1-2-4-6-8-10(13)14/h5-8H,1-4,9-10H2;1-8H2,(H,11,12)(H,13,14). The number of hydrogen-bond donors (Lipinski definition) is 2. The van der Waals surface area contributed by atoms with Crippen molar-refractivity contribution in [3.63, 3.8) is 0 Å². The van der Waals surface area contributed by atoms with Crippen LogP contribution in [-0.2, 0) is 19.1 Å². The molecular formula is C24H34O8. The van der Waals surface area contributed by atoms with Crippen LogP contribution < -0.4 is 0 Å². The Bertz CT molecular complexity index is 650. The lowest BCUT2D eigenvalue weighted by Crippen LogP contribution is -2.10. The monoisotopic (exact) mass is 450 g/mol. The molecule has 0 fully saturated rings. The van der Waals surface area contributed by atoms with Crippen molar-refractivity contribution in [2.24, 2.45) is 0 Å². The molecule has 2 aliphatic heterocycles. The highest BCUT2D eigenvalue weighted by atomic mass is 16.5. The van der Waals surface area contributed by atoms with Gasteiger partial charge in [0.05, 0.1) is 24.3 Å². The SMILES string of the molecule is O=C(O)CCCCCCCCC(=O)O.O=C1OCCCCCCOC(=O)c2ccc1cc2. The average Bonchev–Trinajstić information content (AvgIpc) is 2.77. The largest absolute Gasteiger partial charge is 0.481 e. The minimum atomic E-state index is -0.740. The molecule has 0 saturated heterocycles.